The number of carbonyl (C=O) groups excluding carboxylic acids is 1. The van der Waals surface area contributed by atoms with E-state index in [1.165, 1.54) is 6.92 Å². The molecular formula is C11H13N3O. The Balaban J connectivity index is 2.47. The largest absolute Gasteiger partial charge is 0.293 e. The second kappa shape index (κ2) is 3.81. The lowest BCUT2D eigenvalue weighted by molar-refractivity contribution is 0.101. The average molecular weight is 203 g/mol. The molecule has 4 heteroatoms. The van der Waals surface area contributed by atoms with E-state index < -0.39 is 0 Å². The molecule has 0 aliphatic heterocycles. The Labute approximate surface area is 87.9 Å². The average Bonchev–Trinajstić information content (AvgIpc) is 2.61. The minimum Gasteiger partial charge on any atom is -0.293 e. The molecule has 0 aliphatic rings. The first kappa shape index (κ1) is 9.83. The fraction of sp³-hybridized carbons (Fsp3) is 0.364. The van der Waals surface area contributed by atoms with Crippen molar-refractivity contribution in [2.75, 3.05) is 0 Å². The van der Waals surface area contributed by atoms with Crippen LogP contribution in [0.4, 0.5) is 0 Å². The predicted octanol–water partition coefficient (Wildman–Crippen LogP) is 1.88. The minimum atomic E-state index is -0.0301. The summed E-state index contributed by atoms with van der Waals surface area (Å²) in [5.41, 5.74) is 2.33. The molecule has 0 atom stereocenters. The van der Waals surface area contributed by atoms with Gasteiger partial charge >= 0.3 is 0 Å². The van der Waals surface area contributed by atoms with Gasteiger partial charge in [0.25, 0.3) is 0 Å². The van der Waals surface area contributed by atoms with Crippen LogP contribution in [0, 0.1) is 0 Å². The fourth-order valence-electron chi connectivity index (χ4n) is 1.51. The van der Waals surface area contributed by atoms with Crippen molar-refractivity contribution in [2.24, 2.45) is 0 Å². The van der Waals surface area contributed by atoms with Crippen molar-refractivity contribution < 1.29 is 4.79 Å². The van der Waals surface area contributed by atoms with Crippen LogP contribution >= 0.6 is 0 Å². The highest BCUT2D eigenvalue weighted by Gasteiger charge is 2.06. The molecule has 2 rings (SSSR count). The molecular weight excluding hydrogens is 190 g/mol. The van der Waals surface area contributed by atoms with Gasteiger partial charge in [-0.2, -0.15) is 5.10 Å². The predicted molar refractivity (Wildman–Crippen MR) is 57.0 cm³/mol. The monoisotopic (exact) mass is 203 g/mol. The lowest BCUT2D eigenvalue weighted by Crippen LogP contribution is -1.96. The number of hydrogen-bond acceptors (Lipinski definition) is 3. The van der Waals surface area contributed by atoms with Gasteiger partial charge in [0.05, 0.1) is 0 Å². The third-order valence-electron chi connectivity index (χ3n) is 2.27. The van der Waals surface area contributed by atoms with E-state index in [0.717, 1.165) is 24.1 Å². The van der Waals surface area contributed by atoms with Gasteiger partial charge in [0.2, 0.25) is 0 Å². The number of carbonyl (C=O) groups is 1. The number of fused-ring (bicyclic) bond motifs is 1. The molecule has 78 valence electrons. The van der Waals surface area contributed by atoms with Crippen LogP contribution in [0.2, 0.25) is 0 Å². The molecule has 0 N–H and O–H groups in total. The molecule has 4 nitrogen and oxygen atoms in total. The summed E-state index contributed by atoms with van der Waals surface area (Å²) in [6.07, 6.45) is 5.83. The third-order valence-corrected chi connectivity index (χ3v) is 2.27. The van der Waals surface area contributed by atoms with Crippen molar-refractivity contribution in [3.63, 3.8) is 0 Å². The number of hydrogen-bond donors (Lipinski definition) is 0. The van der Waals surface area contributed by atoms with Crippen molar-refractivity contribution in [3.8, 4) is 0 Å². The fourth-order valence-corrected chi connectivity index (χ4v) is 1.51. The van der Waals surface area contributed by atoms with E-state index in [9.17, 15) is 4.79 Å². The highest BCUT2D eigenvalue weighted by molar-refractivity contribution is 5.93. The standard InChI is InChI=1S/C11H13N3O/c1-3-4-9-6-12-11-5-10(8(2)15)13-14(11)7-9/h5-7H,3-4H2,1-2H3. The van der Waals surface area contributed by atoms with Crippen LogP contribution in [0.1, 0.15) is 36.3 Å². The van der Waals surface area contributed by atoms with Crippen LogP contribution < -0.4 is 0 Å². The van der Waals surface area contributed by atoms with Gasteiger partial charge < -0.3 is 0 Å². The topological polar surface area (TPSA) is 47.3 Å². The molecule has 2 aromatic heterocycles. The quantitative estimate of drug-likeness (QED) is 0.715. The Morgan fingerprint density at radius 1 is 1.53 bits per heavy atom. The SMILES string of the molecule is CCCc1cnc2cc(C(C)=O)nn2c1. The van der Waals surface area contributed by atoms with Crippen molar-refractivity contribution in [1.29, 1.82) is 0 Å². The Hall–Kier alpha value is -1.71. The number of ketones is 1. The van der Waals surface area contributed by atoms with Gasteiger partial charge in [-0.05, 0) is 12.0 Å². The number of nitrogens with zero attached hydrogens (tertiary/aromatic N) is 3. The molecule has 0 unspecified atom stereocenters. The zero-order valence-electron chi connectivity index (χ0n) is 8.90. The molecule has 0 amide bonds. The number of aromatic nitrogens is 3. The summed E-state index contributed by atoms with van der Waals surface area (Å²) in [4.78, 5) is 15.4. The van der Waals surface area contributed by atoms with E-state index in [0.29, 0.717) is 5.69 Å². The minimum absolute atomic E-state index is 0.0301. The zero-order valence-corrected chi connectivity index (χ0v) is 8.90. The summed E-state index contributed by atoms with van der Waals surface area (Å²) in [5, 5.41) is 4.16. The molecule has 0 spiro atoms. The first-order valence-corrected chi connectivity index (χ1v) is 5.06. The lowest BCUT2D eigenvalue weighted by Gasteiger charge is -1.97. The van der Waals surface area contributed by atoms with Gasteiger partial charge in [0, 0.05) is 25.4 Å². The third kappa shape index (κ3) is 1.88. The van der Waals surface area contributed by atoms with Crippen LogP contribution in [-0.2, 0) is 6.42 Å². The van der Waals surface area contributed by atoms with Crippen molar-refractivity contribution in [3.05, 3.63) is 29.7 Å². The van der Waals surface area contributed by atoms with Crippen molar-refractivity contribution in [2.45, 2.75) is 26.7 Å². The molecule has 0 saturated carbocycles. The van der Waals surface area contributed by atoms with E-state index in [1.807, 2.05) is 12.4 Å². The maximum absolute atomic E-state index is 11.1. The summed E-state index contributed by atoms with van der Waals surface area (Å²) >= 11 is 0. The summed E-state index contributed by atoms with van der Waals surface area (Å²) in [6.45, 7) is 3.63. The van der Waals surface area contributed by atoms with Gasteiger partial charge in [-0.3, -0.25) is 4.79 Å². The molecule has 2 heterocycles. The van der Waals surface area contributed by atoms with Gasteiger partial charge in [0.1, 0.15) is 5.69 Å². The van der Waals surface area contributed by atoms with Gasteiger partial charge in [-0.1, -0.05) is 13.3 Å². The molecule has 0 saturated heterocycles. The van der Waals surface area contributed by atoms with Gasteiger partial charge in [0.15, 0.2) is 11.4 Å². The van der Waals surface area contributed by atoms with Crippen LogP contribution in [-0.4, -0.2) is 20.4 Å². The first-order valence-electron chi connectivity index (χ1n) is 5.06. The maximum Gasteiger partial charge on any atom is 0.180 e. The molecule has 0 bridgehead atoms. The Morgan fingerprint density at radius 2 is 2.33 bits per heavy atom. The van der Waals surface area contributed by atoms with Crippen molar-refractivity contribution in [1.82, 2.24) is 14.6 Å². The highest BCUT2D eigenvalue weighted by atomic mass is 16.1. The van der Waals surface area contributed by atoms with Crippen LogP contribution in [0.3, 0.4) is 0 Å². The summed E-state index contributed by atoms with van der Waals surface area (Å²) < 4.78 is 1.67. The number of Topliss-reactive ketones (excluding diaryl/α,β-unsaturated/α-hetero) is 1. The smallest absolute Gasteiger partial charge is 0.180 e. The lowest BCUT2D eigenvalue weighted by atomic mass is 10.2. The molecule has 0 fully saturated rings. The highest BCUT2D eigenvalue weighted by Crippen LogP contribution is 2.07. The van der Waals surface area contributed by atoms with Crippen LogP contribution in [0.5, 0.6) is 0 Å². The molecule has 0 aliphatic carbocycles. The second-order valence-corrected chi connectivity index (χ2v) is 3.60. The first-order chi connectivity index (χ1) is 7.20. The summed E-state index contributed by atoms with van der Waals surface area (Å²) in [6, 6.07) is 1.71. The maximum atomic E-state index is 11.1. The molecule has 15 heavy (non-hydrogen) atoms. The Morgan fingerprint density at radius 3 is 3.00 bits per heavy atom. The van der Waals surface area contributed by atoms with Crippen LogP contribution in [0.15, 0.2) is 18.5 Å². The second-order valence-electron chi connectivity index (χ2n) is 3.60. The zero-order chi connectivity index (χ0) is 10.8. The molecule has 0 aromatic carbocycles. The van der Waals surface area contributed by atoms with E-state index in [4.69, 9.17) is 0 Å². The number of rotatable bonds is 3. The van der Waals surface area contributed by atoms with E-state index in [2.05, 4.69) is 17.0 Å². The van der Waals surface area contributed by atoms with Gasteiger partial charge in [-0.15, -0.1) is 0 Å². The Bertz CT molecular complexity index is 502. The van der Waals surface area contributed by atoms with E-state index in [1.54, 1.807) is 10.6 Å². The summed E-state index contributed by atoms with van der Waals surface area (Å²) in [5.74, 6) is -0.0301. The number of aryl methyl sites for hydroxylation is 1. The normalized spacial score (nSPS) is 10.8. The van der Waals surface area contributed by atoms with Gasteiger partial charge in [-0.25, -0.2) is 9.50 Å². The van der Waals surface area contributed by atoms with E-state index in [-0.39, 0.29) is 5.78 Å². The summed E-state index contributed by atoms with van der Waals surface area (Å²) in [7, 11) is 0. The molecule has 2 aromatic rings. The van der Waals surface area contributed by atoms with Crippen LogP contribution in [0.25, 0.3) is 5.65 Å². The Kier molecular flexibility index (Phi) is 2.49. The van der Waals surface area contributed by atoms with E-state index >= 15 is 0 Å². The molecule has 0 radical (unpaired) electrons. The van der Waals surface area contributed by atoms with Crippen molar-refractivity contribution >= 4 is 11.4 Å².